The van der Waals surface area contributed by atoms with E-state index in [1.165, 1.54) is 36.3 Å². The number of fused-ring (bicyclic) bond motifs is 1. The van der Waals surface area contributed by atoms with Gasteiger partial charge in [0.05, 0.1) is 62.0 Å². The van der Waals surface area contributed by atoms with E-state index in [0.717, 1.165) is 58.9 Å². The van der Waals surface area contributed by atoms with Gasteiger partial charge in [-0.1, -0.05) is 28.5 Å². The quantitative estimate of drug-likeness (QED) is 0.0412. The third-order valence-electron chi connectivity index (χ3n) is 10.1. The third-order valence-corrected chi connectivity index (χ3v) is 12.9. The number of quaternary nitrogens is 1. The summed E-state index contributed by atoms with van der Waals surface area (Å²) in [5.41, 5.74) is 3.38. The molecule has 4 aliphatic rings. The molecular formula is C33H39ClN10O11S2. The Morgan fingerprint density at radius 3 is 2.58 bits per heavy atom. The van der Waals surface area contributed by atoms with Gasteiger partial charge in [-0.2, -0.15) is 5.10 Å². The topological polar surface area (TPSA) is 293 Å². The van der Waals surface area contributed by atoms with Crippen molar-refractivity contribution in [2.24, 2.45) is 10.3 Å². The van der Waals surface area contributed by atoms with Crippen molar-refractivity contribution in [3.05, 3.63) is 33.8 Å². The molecule has 57 heavy (non-hydrogen) atoms. The van der Waals surface area contributed by atoms with Crippen LogP contribution >= 0.6 is 34.7 Å². The van der Waals surface area contributed by atoms with E-state index in [4.69, 9.17) is 22.2 Å². The highest BCUT2D eigenvalue weighted by Crippen LogP contribution is 2.49. The van der Waals surface area contributed by atoms with Crippen LogP contribution in [0.3, 0.4) is 0 Å². The second-order valence-corrected chi connectivity index (χ2v) is 16.9. The molecule has 5 heterocycles. The number of nitrogen functional groups attached to an aromatic ring is 1. The van der Waals surface area contributed by atoms with Gasteiger partial charge in [0, 0.05) is 24.8 Å². The number of carbonyl (C=O) groups excluding carboxylic acids is 5. The van der Waals surface area contributed by atoms with Gasteiger partial charge in [-0.05, 0) is 26.0 Å². The minimum Gasteiger partial charge on any atom is -0.547 e. The minimum atomic E-state index is -2.01. The predicted octanol–water partition coefficient (Wildman–Crippen LogP) is -1.02. The minimum absolute atomic E-state index is 0.00769. The molecule has 5 amide bonds. The first kappa shape index (κ1) is 41.2. The molecule has 1 aromatic heterocycles. The van der Waals surface area contributed by atoms with Crippen molar-refractivity contribution in [2.75, 3.05) is 58.1 Å². The van der Waals surface area contributed by atoms with E-state index in [0.29, 0.717) is 17.6 Å². The van der Waals surface area contributed by atoms with Crippen LogP contribution in [-0.4, -0.2) is 161 Å². The van der Waals surface area contributed by atoms with Gasteiger partial charge in [0.1, 0.15) is 28.5 Å². The summed E-state index contributed by atoms with van der Waals surface area (Å²) in [6.45, 7) is 4.75. The van der Waals surface area contributed by atoms with Crippen molar-refractivity contribution in [1.29, 1.82) is 0 Å². The highest BCUT2D eigenvalue weighted by atomic mass is 35.5. The fourth-order valence-corrected chi connectivity index (χ4v) is 9.24. The van der Waals surface area contributed by atoms with Gasteiger partial charge < -0.3 is 55.8 Å². The maximum atomic E-state index is 13.7. The van der Waals surface area contributed by atoms with Gasteiger partial charge in [-0.25, -0.2) is 19.6 Å². The number of aromatic hydroxyl groups is 2. The Morgan fingerprint density at radius 1 is 1.21 bits per heavy atom. The summed E-state index contributed by atoms with van der Waals surface area (Å²) in [5.74, 6) is -6.14. The summed E-state index contributed by atoms with van der Waals surface area (Å²) in [7, 11) is 0. The lowest BCUT2D eigenvalue weighted by atomic mass is 10.1. The SMILES string of the molecule is CC(C)(O/N=C(\C(=O)N[C@@H]1C(=O)N2C[C@@](C(=O)[O-])(N3CCN(/N=C/C[N+]4(CCNC(=O)c5ccc(O)c(O)c5Cl)CCCC4)C3=O)S[C@H]12)c1csc(N)n1)C(=O)O. The van der Waals surface area contributed by atoms with Crippen LogP contribution in [0, 0.1) is 0 Å². The first-order valence-electron chi connectivity index (χ1n) is 17.6. The zero-order valence-electron chi connectivity index (χ0n) is 30.5. The van der Waals surface area contributed by atoms with Crippen LogP contribution in [0.2, 0.25) is 5.02 Å². The van der Waals surface area contributed by atoms with Crippen LogP contribution in [-0.2, 0) is 24.0 Å². The number of halogens is 1. The smallest absolute Gasteiger partial charge is 0.350 e. The first-order valence-corrected chi connectivity index (χ1v) is 19.7. The molecule has 0 spiro atoms. The van der Waals surface area contributed by atoms with Gasteiger partial charge >= 0.3 is 12.0 Å². The molecular weight excluding hydrogens is 812 g/mol. The standard InChI is InChI=1S/C33H39ClN10O11S2/c1-32(2,28(50)51)55-40-21(18-15-56-30(35)38-18)25(48)39-22-26(49)41-16-33(29(52)53,57-27(22)41)42-9-10-43(31(42)54)37-8-14-44(11-3-4-12-44)13-7-36-24(47)17-5-6-19(45)23(46)20(17)34/h5-6,8,15,22,27H,3-4,7,9-14,16H2,1-2H3,(H7-,35,36,38,39,40,45,46,47,48,50,51,52,53)/b37-8+/t22-,27-,33-/m1/s1. The summed E-state index contributed by atoms with van der Waals surface area (Å²) < 4.78 is 0.556. The number of carbonyl (C=O) groups is 6. The Balaban J connectivity index is 1.08. The average molecular weight is 851 g/mol. The van der Waals surface area contributed by atoms with E-state index in [1.807, 2.05) is 0 Å². The number of nitrogens with one attached hydrogen (secondary N) is 2. The van der Waals surface area contributed by atoms with Crippen molar-refractivity contribution in [3.63, 3.8) is 0 Å². The Kier molecular flexibility index (Phi) is 11.5. The van der Waals surface area contributed by atoms with Crippen LogP contribution in [0.4, 0.5) is 9.93 Å². The van der Waals surface area contributed by atoms with Crippen molar-refractivity contribution >= 4 is 87.4 Å². The average Bonchev–Trinajstić information content (AvgIpc) is 3.96. The van der Waals surface area contributed by atoms with E-state index in [-0.39, 0.29) is 41.0 Å². The molecule has 3 atom stereocenters. The summed E-state index contributed by atoms with van der Waals surface area (Å²) >= 11 is 7.77. The van der Waals surface area contributed by atoms with Crippen LogP contribution in [0.5, 0.6) is 11.5 Å². The normalized spacial score (nSPS) is 23.1. The number of phenolic OH excluding ortho intramolecular Hbond substituents is 2. The van der Waals surface area contributed by atoms with Gasteiger partial charge in [0.25, 0.3) is 11.8 Å². The van der Waals surface area contributed by atoms with E-state index >= 15 is 0 Å². The lowest BCUT2D eigenvalue weighted by Gasteiger charge is -2.41. The molecule has 2 aromatic rings. The fourth-order valence-electron chi connectivity index (χ4n) is 6.82. The monoisotopic (exact) mass is 850 g/mol. The summed E-state index contributed by atoms with van der Waals surface area (Å²) in [6.07, 6.45) is 3.45. The number of thiazole rings is 1. The molecule has 0 radical (unpaired) electrons. The lowest BCUT2D eigenvalue weighted by molar-refractivity contribution is -0.906. The maximum Gasteiger partial charge on any atom is 0.350 e. The number of oxime groups is 1. The number of carboxylic acid groups (broad SMARTS) is 2. The predicted molar refractivity (Wildman–Crippen MR) is 202 cm³/mol. The Morgan fingerprint density at radius 2 is 1.93 bits per heavy atom. The molecule has 24 heteroatoms. The van der Waals surface area contributed by atoms with Crippen molar-refractivity contribution < 1.29 is 58.5 Å². The molecule has 1 aromatic carbocycles. The van der Waals surface area contributed by atoms with Crippen LogP contribution in [0.25, 0.3) is 0 Å². The number of aliphatic carboxylic acids is 2. The zero-order chi connectivity index (χ0) is 41.4. The maximum absolute atomic E-state index is 13.7. The zero-order valence-corrected chi connectivity index (χ0v) is 32.9. The lowest BCUT2D eigenvalue weighted by Crippen LogP contribution is -2.68. The number of likely N-dealkylation sites (tertiary alicyclic amines) is 1. The summed E-state index contributed by atoms with van der Waals surface area (Å²) in [4.78, 5) is 86.9. The van der Waals surface area contributed by atoms with Gasteiger partial charge in [-0.15, -0.1) is 11.3 Å². The fraction of sp³-hybridized carbons (Fsp3) is 0.485. The Labute approximate surface area is 337 Å². The number of thioether (sulfide) groups is 1. The van der Waals surface area contributed by atoms with Crippen LogP contribution in [0.1, 0.15) is 42.7 Å². The molecule has 0 bridgehead atoms. The second-order valence-electron chi connectivity index (χ2n) is 14.2. The Bertz CT molecular complexity index is 2060. The Hall–Kier alpha value is -5.39. The van der Waals surface area contributed by atoms with E-state index in [9.17, 15) is 49.2 Å². The first-order chi connectivity index (χ1) is 26.9. The number of aromatic nitrogens is 1. The number of nitrogens with two attached hydrogens (primary N) is 1. The molecule has 4 aliphatic heterocycles. The number of rotatable bonds is 15. The van der Waals surface area contributed by atoms with E-state index < -0.39 is 81.3 Å². The largest absolute Gasteiger partial charge is 0.547 e. The number of hydrogen-bond acceptors (Lipinski definition) is 16. The number of hydrazone groups is 1. The number of β-lactam (4-membered cyclic amide) rings is 1. The molecule has 6 rings (SSSR count). The van der Waals surface area contributed by atoms with Crippen LogP contribution in [0.15, 0.2) is 27.8 Å². The third kappa shape index (κ3) is 7.95. The van der Waals surface area contributed by atoms with Crippen molar-refractivity contribution in [2.45, 2.75) is 48.6 Å². The van der Waals surface area contributed by atoms with Gasteiger partial charge in [0.2, 0.25) is 11.5 Å². The molecule has 21 nitrogen and oxygen atoms in total. The molecule has 4 saturated heterocycles. The molecule has 306 valence electrons. The molecule has 0 saturated carbocycles. The molecule has 4 fully saturated rings. The van der Waals surface area contributed by atoms with Crippen LogP contribution < -0.4 is 21.5 Å². The number of phenols is 2. The number of nitrogens with zero attached hydrogens (tertiary/aromatic N) is 7. The highest BCUT2D eigenvalue weighted by Gasteiger charge is 2.64. The van der Waals surface area contributed by atoms with Gasteiger partial charge in [-0.3, -0.25) is 19.3 Å². The second kappa shape index (κ2) is 15.9. The number of urea groups is 1. The number of hydrogen-bond donors (Lipinski definition) is 6. The van der Waals surface area contributed by atoms with E-state index in [2.05, 4.69) is 25.9 Å². The number of benzene rings is 1. The summed E-state index contributed by atoms with van der Waals surface area (Å²) in [6, 6.07) is 0.501. The van der Waals surface area contributed by atoms with E-state index in [1.54, 1.807) is 6.21 Å². The molecule has 0 aliphatic carbocycles. The highest BCUT2D eigenvalue weighted by molar-refractivity contribution is 8.02. The van der Waals surface area contributed by atoms with Gasteiger partial charge in [0.15, 0.2) is 22.3 Å². The molecule has 7 N–H and O–H groups in total. The molecule has 0 unspecified atom stereocenters. The number of amides is 5. The van der Waals surface area contributed by atoms with Crippen molar-refractivity contribution in [1.82, 2.24) is 30.4 Å². The number of anilines is 1. The number of carboxylic acids is 2. The van der Waals surface area contributed by atoms with Crippen molar-refractivity contribution in [3.8, 4) is 11.5 Å². The summed E-state index contributed by atoms with van der Waals surface area (Å²) in [5, 5.41) is 56.5.